The lowest BCUT2D eigenvalue weighted by Crippen LogP contribution is -2.47. The standard InChI is InChI=1S/C15H19F2NO5/c1-14(2,3)23-13(21)18-11(15(16,17)12(19)20)9-7-5-6-8-10(9)22-4/h5-8,11H,1-4H3,(H,18,21)(H,19,20). The number of alkyl halides is 2. The van der Waals surface area contributed by atoms with Gasteiger partial charge in [0.25, 0.3) is 0 Å². The highest BCUT2D eigenvalue weighted by Gasteiger charge is 2.50. The topological polar surface area (TPSA) is 84.9 Å². The van der Waals surface area contributed by atoms with E-state index in [1.807, 2.05) is 5.32 Å². The summed E-state index contributed by atoms with van der Waals surface area (Å²) >= 11 is 0. The van der Waals surface area contributed by atoms with Gasteiger partial charge in [-0.1, -0.05) is 18.2 Å². The van der Waals surface area contributed by atoms with Crippen molar-refractivity contribution in [3.63, 3.8) is 0 Å². The average molecular weight is 331 g/mol. The second kappa shape index (κ2) is 6.80. The molecule has 0 aromatic heterocycles. The molecule has 1 aromatic rings. The number of rotatable bonds is 5. The van der Waals surface area contributed by atoms with E-state index in [-0.39, 0.29) is 11.3 Å². The number of hydrogen-bond acceptors (Lipinski definition) is 4. The lowest BCUT2D eigenvalue weighted by Gasteiger charge is -2.28. The molecule has 0 fully saturated rings. The van der Waals surface area contributed by atoms with Gasteiger partial charge in [-0.05, 0) is 26.8 Å². The van der Waals surface area contributed by atoms with Gasteiger partial charge in [-0.25, -0.2) is 9.59 Å². The van der Waals surface area contributed by atoms with E-state index in [4.69, 9.17) is 14.6 Å². The molecule has 0 aliphatic carbocycles. The Hall–Kier alpha value is -2.38. The van der Waals surface area contributed by atoms with Crippen molar-refractivity contribution in [1.82, 2.24) is 5.32 Å². The van der Waals surface area contributed by atoms with Gasteiger partial charge in [0, 0.05) is 5.56 Å². The second-order valence-electron chi connectivity index (χ2n) is 5.75. The van der Waals surface area contributed by atoms with Crippen LogP contribution in [0.1, 0.15) is 32.4 Å². The highest BCUT2D eigenvalue weighted by atomic mass is 19.3. The molecule has 6 nitrogen and oxygen atoms in total. The Morgan fingerprint density at radius 2 is 1.78 bits per heavy atom. The molecule has 128 valence electrons. The zero-order valence-corrected chi connectivity index (χ0v) is 13.2. The van der Waals surface area contributed by atoms with Gasteiger partial charge in [-0.2, -0.15) is 8.78 Å². The van der Waals surface area contributed by atoms with Gasteiger partial charge in [0.1, 0.15) is 17.4 Å². The summed E-state index contributed by atoms with van der Waals surface area (Å²) in [5.74, 6) is -6.61. The molecule has 0 aliphatic rings. The number of halogens is 2. The Labute approximate surface area is 132 Å². The largest absolute Gasteiger partial charge is 0.496 e. The van der Waals surface area contributed by atoms with Crippen LogP contribution < -0.4 is 10.1 Å². The smallest absolute Gasteiger partial charge is 0.408 e. The first kappa shape index (κ1) is 18.7. The SMILES string of the molecule is COc1ccccc1C(NC(=O)OC(C)(C)C)C(F)(F)C(=O)O. The molecule has 1 amide bonds. The minimum Gasteiger partial charge on any atom is -0.496 e. The van der Waals surface area contributed by atoms with E-state index in [0.29, 0.717) is 0 Å². The fourth-order valence-electron chi connectivity index (χ4n) is 1.82. The second-order valence-corrected chi connectivity index (χ2v) is 5.75. The third-order valence-electron chi connectivity index (χ3n) is 2.76. The van der Waals surface area contributed by atoms with Crippen LogP contribution in [0.25, 0.3) is 0 Å². The zero-order valence-electron chi connectivity index (χ0n) is 13.2. The predicted molar refractivity (Wildman–Crippen MR) is 77.7 cm³/mol. The van der Waals surface area contributed by atoms with Gasteiger partial charge >= 0.3 is 18.0 Å². The van der Waals surface area contributed by atoms with E-state index in [0.717, 1.165) is 0 Å². The van der Waals surface area contributed by atoms with E-state index in [1.165, 1.54) is 31.4 Å². The molecule has 2 N–H and O–H groups in total. The predicted octanol–water partition coefficient (Wildman–Crippen LogP) is 2.98. The molecule has 0 saturated heterocycles. The maximum Gasteiger partial charge on any atom is 0.408 e. The van der Waals surface area contributed by atoms with Gasteiger partial charge in [0.05, 0.1) is 7.11 Å². The molecule has 1 atom stereocenters. The summed E-state index contributed by atoms with van der Waals surface area (Å²) in [6.07, 6.45) is -1.16. The van der Waals surface area contributed by atoms with Crippen molar-refractivity contribution in [2.24, 2.45) is 0 Å². The lowest BCUT2D eigenvalue weighted by atomic mass is 9.99. The number of benzene rings is 1. The van der Waals surface area contributed by atoms with Gasteiger partial charge in [-0.3, -0.25) is 0 Å². The molecular weight excluding hydrogens is 312 g/mol. The van der Waals surface area contributed by atoms with Crippen molar-refractivity contribution in [3.8, 4) is 5.75 Å². The molecule has 0 heterocycles. The lowest BCUT2D eigenvalue weighted by molar-refractivity contribution is -0.169. The van der Waals surface area contributed by atoms with E-state index in [1.54, 1.807) is 20.8 Å². The van der Waals surface area contributed by atoms with E-state index in [9.17, 15) is 18.4 Å². The minimum atomic E-state index is -4.26. The fourth-order valence-corrected chi connectivity index (χ4v) is 1.82. The number of ether oxygens (including phenoxy) is 2. The number of carbonyl (C=O) groups is 2. The number of carbonyl (C=O) groups excluding carboxylic acids is 1. The van der Waals surface area contributed by atoms with Gasteiger partial charge in [0.2, 0.25) is 0 Å². The Bertz CT molecular complexity index is 583. The number of methoxy groups -OCH3 is 1. The summed E-state index contributed by atoms with van der Waals surface area (Å²) in [6.45, 7) is 4.67. The summed E-state index contributed by atoms with van der Waals surface area (Å²) in [4.78, 5) is 22.7. The van der Waals surface area contributed by atoms with Crippen LogP contribution in [0, 0.1) is 0 Å². The first-order chi connectivity index (χ1) is 10.5. The summed E-state index contributed by atoms with van der Waals surface area (Å²) in [6, 6.07) is 3.45. The van der Waals surface area contributed by atoms with Gasteiger partial charge in [-0.15, -0.1) is 0 Å². The monoisotopic (exact) mass is 331 g/mol. The van der Waals surface area contributed by atoms with E-state index >= 15 is 0 Å². The van der Waals surface area contributed by atoms with Crippen molar-refractivity contribution < 1.29 is 33.0 Å². The van der Waals surface area contributed by atoms with Crippen LogP contribution in [0.2, 0.25) is 0 Å². The molecule has 1 aromatic carbocycles. The first-order valence-corrected chi connectivity index (χ1v) is 6.72. The number of carboxylic acids is 1. The zero-order chi connectivity index (χ0) is 17.8. The molecular formula is C15H19F2NO5. The van der Waals surface area contributed by atoms with Crippen molar-refractivity contribution >= 4 is 12.1 Å². The van der Waals surface area contributed by atoms with Crippen molar-refractivity contribution in [2.75, 3.05) is 7.11 Å². The maximum absolute atomic E-state index is 14.1. The van der Waals surface area contributed by atoms with Crippen LogP contribution >= 0.6 is 0 Å². The highest BCUT2D eigenvalue weighted by Crippen LogP contribution is 2.36. The van der Waals surface area contributed by atoms with E-state index < -0.39 is 29.6 Å². The Morgan fingerprint density at radius 3 is 2.26 bits per heavy atom. The van der Waals surface area contributed by atoms with Crippen LogP contribution in [0.4, 0.5) is 13.6 Å². The number of nitrogens with one attached hydrogen (secondary N) is 1. The van der Waals surface area contributed by atoms with E-state index in [2.05, 4.69) is 0 Å². The van der Waals surface area contributed by atoms with Crippen LogP contribution in [-0.4, -0.2) is 35.8 Å². The van der Waals surface area contributed by atoms with Crippen molar-refractivity contribution in [3.05, 3.63) is 29.8 Å². The molecule has 1 rings (SSSR count). The molecule has 8 heteroatoms. The summed E-state index contributed by atoms with van der Waals surface area (Å²) in [5, 5.41) is 10.7. The summed E-state index contributed by atoms with van der Waals surface area (Å²) in [5.41, 5.74) is -1.10. The number of para-hydroxylation sites is 1. The number of amides is 1. The molecule has 0 radical (unpaired) electrons. The minimum absolute atomic E-state index is 0.0227. The van der Waals surface area contributed by atoms with Gasteiger partial charge < -0.3 is 19.9 Å². The number of alkyl carbamates (subject to hydrolysis) is 1. The first-order valence-electron chi connectivity index (χ1n) is 6.72. The maximum atomic E-state index is 14.1. The summed E-state index contributed by atoms with van der Waals surface area (Å²) < 4.78 is 38.0. The third-order valence-corrected chi connectivity index (χ3v) is 2.76. The van der Waals surface area contributed by atoms with Gasteiger partial charge in [0.15, 0.2) is 0 Å². The van der Waals surface area contributed by atoms with Crippen molar-refractivity contribution in [1.29, 1.82) is 0 Å². The summed E-state index contributed by atoms with van der Waals surface area (Å²) in [7, 11) is 1.25. The number of aliphatic carboxylic acids is 1. The molecule has 0 spiro atoms. The number of hydrogen-bond donors (Lipinski definition) is 2. The third kappa shape index (κ3) is 4.80. The average Bonchev–Trinajstić information content (AvgIpc) is 2.42. The highest BCUT2D eigenvalue weighted by molar-refractivity contribution is 5.79. The Morgan fingerprint density at radius 1 is 1.22 bits per heavy atom. The number of carboxylic acid groups (broad SMARTS) is 1. The van der Waals surface area contributed by atoms with Crippen LogP contribution in [0.3, 0.4) is 0 Å². The fraction of sp³-hybridized carbons (Fsp3) is 0.467. The van der Waals surface area contributed by atoms with Crippen LogP contribution in [-0.2, 0) is 9.53 Å². The molecule has 0 bridgehead atoms. The molecule has 1 unspecified atom stereocenters. The van der Waals surface area contributed by atoms with Crippen molar-refractivity contribution in [2.45, 2.75) is 38.3 Å². The quantitative estimate of drug-likeness (QED) is 0.866. The molecule has 0 aliphatic heterocycles. The van der Waals surface area contributed by atoms with Crippen LogP contribution in [0.5, 0.6) is 5.75 Å². The normalized spacial score (nSPS) is 13.1. The Kier molecular flexibility index (Phi) is 5.52. The Balaban J connectivity index is 3.23. The molecule has 0 saturated carbocycles. The van der Waals surface area contributed by atoms with Crippen LogP contribution in [0.15, 0.2) is 24.3 Å². The molecule has 23 heavy (non-hydrogen) atoms.